The van der Waals surface area contributed by atoms with Crippen molar-refractivity contribution in [3.05, 3.63) is 42.5 Å². The molecule has 1 atom stereocenters. The average Bonchev–Trinajstić information content (AvgIpc) is 3.47. The molecule has 0 amide bonds. The number of ether oxygens (including phenoxy) is 1. The van der Waals surface area contributed by atoms with Crippen LogP contribution in [-0.4, -0.2) is 59.6 Å². The van der Waals surface area contributed by atoms with Crippen molar-refractivity contribution in [2.45, 2.75) is 123 Å². The zero-order valence-corrected chi connectivity index (χ0v) is 31.5. The van der Waals surface area contributed by atoms with Crippen LogP contribution in [0.15, 0.2) is 42.5 Å². The number of nitrogens with two attached hydrogens (primary N) is 1. The fourth-order valence-corrected chi connectivity index (χ4v) is 6.81. The fourth-order valence-electron chi connectivity index (χ4n) is 5.83. The molecule has 3 rings (SSSR count). The van der Waals surface area contributed by atoms with E-state index in [-0.39, 0.29) is 18.7 Å². The highest BCUT2D eigenvalue weighted by Gasteiger charge is 2.21. The van der Waals surface area contributed by atoms with Gasteiger partial charge in [0.25, 0.3) is 0 Å². The summed E-state index contributed by atoms with van der Waals surface area (Å²) in [5.41, 5.74) is 9.36. The summed E-state index contributed by atoms with van der Waals surface area (Å²) in [6, 6.07) is 3.98. The largest absolute Gasteiger partial charge is 0.778 e. The standard InChI is InChI=1S/C37H62N7O4P/c1-5-6-7-8-9-10-11-12-13-14-15-16-17-18-26-47-27-20-28-48-49(45,46)29-19-21-32(2)30-44-31-39-34-35(40-37(38)41-36(34)44)43-24-22-33(23-25-43)42(3)4/h21-25,31H,5-20,26-30H2,1-4H3,(H2-,38,40,41,45,46)/b32-21-. The molecule has 0 bridgehead atoms. The van der Waals surface area contributed by atoms with E-state index in [1.54, 1.807) is 6.33 Å². The lowest BCUT2D eigenvalue weighted by atomic mass is 10.0. The van der Waals surface area contributed by atoms with Gasteiger partial charge in [-0.05, 0) is 26.2 Å². The number of allylic oxidation sites excluding steroid dienone is 2. The van der Waals surface area contributed by atoms with Crippen LogP contribution in [0.4, 0.5) is 11.6 Å². The number of hydrogen-bond acceptors (Lipinski definition) is 9. The normalized spacial score (nSPS) is 13.3. The Morgan fingerprint density at radius 1 is 0.918 bits per heavy atom. The van der Waals surface area contributed by atoms with Crippen molar-refractivity contribution in [1.29, 1.82) is 0 Å². The third-order valence-electron chi connectivity index (χ3n) is 8.71. The lowest BCUT2D eigenvalue weighted by Gasteiger charge is -2.22. The maximum atomic E-state index is 12.4. The summed E-state index contributed by atoms with van der Waals surface area (Å²) >= 11 is 0. The van der Waals surface area contributed by atoms with Crippen LogP contribution in [0.2, 0.25) is 0 Å². The molecule has 1 unspecified atom stereocenters. The van der Waals surface area contributed by atoms with Crippen LogP contribution in [0.3, 0.4) is 0 Å². The Kier molecular flexibility index (Phi) is 18.9. The smallest absolute Gasteiger partial charge is 0.361 e. The highest BCUT2D eigenvalue weighted by Crippen LogP contribution is 2.37. The number of aromatic nitrogens is 5. The van der Waals surface area contributed by atoms with Gasteiger partial charge in [-0.25, -0.2) is 9.55 Å². The van der Waals surface area contributed by atoms with Crippen molar-refractivity contribution in [2.24, 2.45) is 0 Å². The van der Waals surface area contributed by atoms with Crippen LogP contribution >= 0.6 is 7.60 Å². The Morgan fingerprint density at radius 2 is 1.51 bits per heavy atom. The van der Waals surface area contributed by atoms with E-state index in [4.69, 9.17) is 15.0 Å². The molecule has 0 saturated carbocycles. The van der Waals surface area contributed by atoms with Gasteiger partial charge < -0.3 is 33.9 Å². The van der Waals surface area contributed by atoms with Crippen molar-refractivity contribution in [2.75, 3.05) is 50.7 Å². The molecule has 3 heterocycles. The molecule has 0 spiro atoms. The molecule has 3 aromatic rings. The van der Waals surface area contributed by atoms with Crippen molar-refractivity contribution < 1.29 is 23.3 Å². The number of fused-ring (bicyclic) bond motifs is 1. The third kappa shape index (κ3) is 15.7. The molecule has 3 aromatic heterocycles. The summed E-state index contributed by atoms with van der Waals surface area (Å²) in [5.74, 6) is 0.748. The van der Waals surface area contributed by atoms with Crippen molar-refractivity contribution in [3.8, 4) is 5.82 Å². The summed E-state index contributed by atoms with van der Waals surface area (Å²) in [6.07, 6.45) is 27.0. The molecule has 11 nitrogen and oxygen atoms in total. The number of nitrogen functional groups attached to an aromatic ring is 1. The van der Waals surface area contributed by atoms with Gasteiger partial charge in [0.15, 0.2) is 5.65 Å². The Hall–Kier alpha value is -2.85. The quantitative estimate of drug-likeness (QED) is 0.0370. The third-order valence-corrected chi connectivity index (χ3v) is 10.1. The van der Waals surface area contributed by atoms with E-state index < -0.39 is 7.60 Å². The van der Waals surface area contributed by atoms with Gasteiger partial charge in [-0.1, -0.05) is 102 Å². The molecular formula is C37H62N7O4P. The molecule has 0 aromatic carbocycles. The number of pyridine rings is 1. The monoisotopic (exact) mass is 699 g/mol. The second kappa shape index (κ2) is 22.8. The highest BCUT2D eigenvalue weighted by molar-refractivity contribution is 7.51. The highest BCUT2D eigenvalue weighted by atomic mass is 31.2. The van der Waals surface area contributed by atoms with E-state index in [1.165, 1.54) is 83.5 Å². The van der Waals surface area contributed by atoms with E-state index in [0.29, 0.717) is 43.0 Å². The maximum absolute atomic E-state index is 12.4. The molecule has 0 saturated heterocycles. The summed E-state index contributed by atoms with van der Waals surface area (Å²) in [4.78, 5) is 27.9. The fraction of sp³-hybridized carbons (Fsp3) is 0.676. The molecule has 274 valence electrons. The van der Waals surface area contributed by atoms with Gasteiger partial charge in [-0.3, -0.25) is 0 Å². The Morgan fingerprint density at radius 3 is 2.12 bits per heavy atom. The van der Waals surface area contributed by atoms with Gasteiger partial charge in [-0.15, -0.1) is 0 Å². The minimum atomic E-state index is -3.92. The minimum absolute atomic E-state index is 0.0478. The van der Waals surface area contributed by atoms with Gasteiger partial charge in [0, 0.05) is 62.8 Å². The van der Waals surface area contributed by atoms with Crippen molar-refractivity contribution >= 4 is 30.4 Å². The van der Waals surface area contributed by atoms with Gasteiger partial charge in [0.2, 0.25) is 5.52 Å². The van der Waals surface area contributed by atoms with Crippen molar-refractivity contribution in [1.82, 2.24) is 19.5 Å². The van der Waals surface area contributed by atoms with Gasteiger partial charge in [-0.2, -0.15) is 4.98 Å². The first kappa shape index (κ1) is 40.6. The molecule has 0 radical (unpaired) electrons. The van der Waals surface area contributed by atoms with Crippen LogP contribution in [0.1, 0.15) is 117 Å². The first-order valence-electron chi connectivity index (χ1n) is 18.6. The Balaban J connectivity index is 1.25. The van der Waals surface area contributed by atoms with E-state index >= 15 is 0 Å². The van der Waals surface area contributed by atoms with Crippen molar-refractivity contribution in [3.63, 3.8) is 0 Å². The predicted octanol–water partition coefficient (Wildman–Crippen LogP) is 7.55. The lowest BCUT2D eigenvalue weighted by Crippen LogP contribution is -2.32. The molecule has 49 heavy (non-hydrogen) atoms. The van der Waals surface area contributed by atoms with E-state index in [1.807, 2.05) is 65.7 Å². The zero-order valence-electron chi connectivity index (χ0n) is 30.7. The molecule has 12 heteroatoms. The summed E-state index contributed by atoms with van der Waals surface area (Å²) in [6.45, 7) is 6.13. The Bertz CT molecular complexity index is 1430. The first-order valence-corrected chi connectivity index (χ1v) is 20.3. The molecule has 2 N–H and O–H groups in total. The first-order chi connectivity index (χ1) is 23.7. The molecule has 0 aliphatic rings. The number of unbranched alkanes of at least 4 members (excludes halogenated alkanes) is 13. The maximum Gasteiger partial charge on any atom is 0.361 e. The molecule has 0 fully saturated rings. The number of hydrogen-bond donors (Lipinski definition) is 1. The summed E-state index contributed by atoms with van der Waals surface area (Å²) < 4.78 is 27.1. The van der Waals surface area contributed by atoms with Gasteiger partial charge in [0.05, 0.1) is 25.3 Å². The number of rotatable bonds is 27. The van der Waals surface area contributed by atoms with Crippen LogP contribution in [-0.2, 0) is 20.4 Å². The van der Waals surface area contributed by atoms with Crippen LogP contribution in [0, 0.1) is 0 Å². The number of nitrogens with zero attached hydrogens (tertiary/aromatic N) is 6. The van der Waals surface area contributed by atoms with Gasteiger partial charge >= 0.3 is 11.8 Å². The minimum Gasteiger partial charge on any atom is -0.778 e. The molecule has 0 aliphatic carbocycles. The second-order valence-electron chi connectivity index (χ2n) is 13.4. The topological polar surface area (TPSA) is 135 Å². The van der Waals surface area contributed by atoms with Crippen LogP contribution < -0.4 is 20.1 Å². The lowest BCUT2D eigenvalue weighted by molar-refractivity contribution is -0.598. The molecule has 0 aliphatic heterocycles. The van der Waals surface area contributed by atoms with E-state index in [0.717, 1.165) is 24.3 Å². The predicted molar refractivity (Wildman–Crippen MR) is 198 cm³/mol. The van der Waals surface area contributed by atoms with Crippen LogP contribution in [0.5, 0.6) is 0 Å². The van der Waals surface area contributed by atoms with Crippen LogP contribution in [0.25, 0.3) is 17.0 Å². The number of imidazole rings is 1. The number of anilines is 2. The summed E-state index contributed by atoms with van der Waals surface area (Å²) in [7, 11) is 0.0512. The summed E-state index contributed by atoms with van der Waals surface area (Å²) in [5, 5.41) is 0. The van der Waals surface area contributed by atoms with E-state index in [9.17, 15) is 9.46 Å². The average molecular weight is 700 g/mol. The zero-order chi connectivity index (χ0) is 35.3. The molecular weight excluding hydrogens is 637 g/mol. The second-order valence-corrected chi connectivity index (χ2v) is 15.3. The van der Waals surface area contributed by atoms with Gasteiger partial charge in [0.1, 0.15) is 7.60 Å². The van der Waals surface area contributed by atoms with E-state index in [2.05, 4.69) is 21.9 Å². The Labute approximate surface area is 294 Å². The SMILES string of the molecule is CCCCCCCCCCCCCCCCOCCCOP(=O)([O-])CC/C=C(/C)Cn1cnc2c(-[n+]3ccc(N(C)C)cc3)nc(N)nc21.